The molecule has 3 rings (SSSR count). The molecule has 0 aromatic heterocycles. The second kappa shape index (κ2) is 8.80. The van der Waals surface area contributed by atoms with E-state index in [1.807, 2.05) is 0 Å². The Hall–Kier alpha value is -1.99. The summed E-state index contributed by atoms with van der Waals surface area (Å²) in [4.78, 5) is 26.5. The third-order valence-electron chi connectivity index (χ3n) is 5.30. The summed E-state index contributed by atoms with van der Waals surface area (Å²) >= 11 is 0. The molecule has 2 N–H and O–H groups in total. The number of nitrogens with one attached hydrogen (secondary N) is 2. The minimum absolute atomic E-state index is 0.0689. The molecule has 2 aliphatic heterocycles. The van der Waals surface area contributed by atoms with Gasteiger partial charge in [0.1, 0.15) is 5.82 Å². The molecule has 0 spiro atoms. The van der Waals surface area contributed by atoms with E-state index in [1.54, 1.807) is 0 Å². The Morgan fingerprint density at radius 2 is 2.00 bits per heavy atom. The van der Waals surface area contributed by atoms with Crippen molar-refractivity contribution in [1.82, 2.24) is 15.5 Å². The highest BCUT2D eigenvalue weighted by atomic mass is 19.1. The van der Waals surface area contributed by atoms with Crippen LogP contribution in [-0.4, -0.2) is 61.1 Å². The molecule has 0 saturated carbocycles. The standard InChI is InChI=1S/C20H28FN3O3/c1-13(2)18-11-24-10-16(9-17(24)12-27-18)23-19(25)7-8-22-20(26)14-3-5-15(21)6-4-14/h3-6,13,16-18H,7-12H2,1-2H3,(H,22,26)(H,23,25)/t16-,17+,18+/m1/s1. The predicted octanol–water partition coefficient (Wildman–Crippen LogP) is 1.56. The number of carbonyl (C=O) groups is 2. The number of rotatable bonds is 6. The van der Waals surface area contributed by atoms with Crippen molar-refractivity contribution in [2.75, 3.05) is 26.2 Å². The molecular weight excluding hydrogens is 349 g/mol. The van der Waals surface area contributed by atoms with Gasteiger partial charge in [0, 0.05) is 43.7 Å². The van der Waals surface area contributed by atoms with Gasteiger partial charge in [-0.15, -0.1) is 0 Å². The summed E-state index contributed by atoms with van der Waals surface area (Å²) in [6.07, 6.45) is 1.38. The molecular formula is C20H28FN3O3. The highest BCUT2D eigenvalue weighted by Crippen LogP contribution is 2.25. The van der Waals surface area contributed by atoms with Gasteiger partial charge in [0.25, 0.3) is 5.91 Å². The highest BCUT2D eigenvalue weighted by Gasteiger charge is 2.38. The van der Waals surface area contributed by atoms with Gasteiger partial charge in [-0.1, -0.05) is 13.8 Å². The largest absolute Gasteiger partial charge is 0.375 e. The van der Waals surface area contributed by atoms with Crippen LogP contribution in [0.4, 0.5) is 4.39 Å². The molecule has 148 valence electrons. The summed E-state index contributed by atoms with van der Waals surface area (Å²) in [6.45, 7) is 7.08. The lowest BCUT2D eigenvalue weighted by Crippen LogP contribution is -2.48. The molecule has 7 heteroatoms. The van der Waals surface area contributed by atoms with Crippen molar-refractivity contribution in [3.63, 3.8) is 0 Å². The van der Waals surface area contributed by atoms with E-state index in [0.717, 1.165) is 26.1 Å². The zero-order valence-corrected chi connectivity index (χ0v) is 15.9. The fourth-order valence-corrected chi connectivity index (χ4v) is 3.70. The van der Waals surface area contributed by atoms with Crippen molar-refractivity contribution in [2.45, 2.75) is 44.9 Å². The first kappa shape index (κ1) is 19.8. The van der Waals surface area contributed by atoms with Gasteiger partial charge in [-0.3, -0.25) is 14.5 Å². The van der Waals surface area contributed by atoms with Crippen LogP contribution < -0.4 is 10.6 Å². The number of ether oxygens (including phenoxy) is 1. The van der Waals surface area contributed by atoms with Crippen LogP contribution in [0.2, 0.25) is 0 Å². The zero-order chi connectivity index (χ0) is 19.4. The molecule has 2 amide bonds. The first-order chi connectivity index (χ1) is 12.9. The molecule has 0 radical (unpaired) electrons. The predicted molar refractivity (Wildman–Crippen MR) is 99.8 cm³/mol. The first-order valence-corrected chi connectivity index (χ1v) is 9.61. The maximum absolute atomic E-state index is 12.9. The Labute approximate surface area is 159 Å². The maximum atomic E-state index is 12.9. The Morgan fingerprint density at radius 1 is 1.26 bits per heavy atom. The normalized spacial score (nSPS) is 25.3. The van der Waals surface area contributed by atoms with Gasteiger partial charge in [0.05, 0.1) is 12.7 Å². The third kappa shape index (κ3) is 5.26. The van der Waals surface area contributed by atoms with E-state index in [9.17, 15) is 14.0 Å². The van der Waals surface area contributed by atoms with Crippen molar-refractivity contribution in [3.8, 4) is 0 Å². The number of benzene rings is 1. The number of hydrogen-bond donors (Lipinski definition) is 2. The molecule has 6 nitrogen and oxygen atoms in total. The lowest BCUT2D eigenvalue weighted by molar-refractivity contribution is -0.121. The average Bonchev–Trinajstić information content (AvgIpc) is 3.03. The van der Waals surface area contributed by atoms with Gasteiger partial charge in [-0.2, -0.15) is 0 Å². The Kier molecular flexibility index (Phi) is 6.44. The Balaban J connectivity index is 1.37. The number of amides is 2. The molecule has 2 aliphatic rings. The fourth-order valence-electron chi connectivity index (χ4n) is 3.70. The van der Waals surface area contributed by atoms with E-state index in [2.05, 4.69) is 29.4 Å². The first-order valence-electron chi connectivity index (χ1n) is 9.61. The van der Waals surface area contributed by atoms with Crippen LogP contribution >= 0.6 is 0 Å². The second-order valence-corrected chi connectivity index (χ2v) is 7.74. The molecule has 0 unspecified atom stereocenters. The van der Waals surface area contributed by atoms with Gasteiger partial charge >= 0.3 is 0 Å². The summed E-state index contributed by atoms with van der Waals surface area (Å²) in [5.74, 6) is -0.272. The maximum Gasteiger partial charge on any atom is 0.251 e. The van der Waals surface area contributed by atoms with E-state index in [4.69, 9.17) is 4.74 Å². The van der Waals surface area contributed by atoms with Gasteiger partial charge in [-0.05, 0) is 36.6 Å². The van der Waals surface area contributed by atoms with Crippen LogP contribution in [0.1, 0.15) is 37.0 Å². The molecule has 27 heavy (non-hydrogen) atoms. The fraction of sp³-hybridized carbons (Fsp3) is 0.600. The summed E-state index contributed by atoms with van der Waals surface area (Å²) in [5.41, 5.74) is 0.379. The topological polar surface area (TPSA) is 70.7 Å². The molecule has 3 atom stereocenters. The molecule has 1 aromatic carbocycles. The number of nitrogens with zero attached hydrogens (tertiary/aromatic N) is 1. The van der Waals surface area contributed by atoms with Crippen LogP contribution in [0.25, 0.3) is 0 Å². The van der Waals surface area contributed by atoms with E-state index < -0.39 is 0 Å². The molecule has 0 aliphatic carbocycles. The summed E-state index contributed by atoms with van der Waals surface area (Å²) in [5, 5.41) is 5.75. The number of morpholine rings is 1. The summed E-state index contributed by atoms with van der Waals surface area (Å²) < 4.78 is 18.8. The Morgan fingerprint density at radius 3 is 2.70 bits per heavy atom. The lowest BCUT2D eigenvalue weighted by Gasteiger charge is -2.36. The summed E-state index contributed by atoms with van der Waals surface area (Å²) in [7, 11) is 0. The van der Waals surface area contributed by atoms with Crippen molar-refractivity contribution < 1.29 is 18.7 Å². The van der Waals surface area contributed by atoms with Crippen LogP contribution in [0.15, 0.2) is 24.3 Å². The molecule has 2 saturated heterocycles. The zero-order valence-electron chi connectivity index (χ0n) is 15.9. The third-order valence-corrected chi connectivity index (χ3v) is 5.30. The number of halogens is 1. The van der Waals surface area contributed by atoms with Gasteiger partial charge < -0.3 is 15.4 Å². The molecule has 1 aromatic rings. The highest BCUT2D eigenvalue weighted by molar-refractivity contribution is 5.94. The van der Waals surface area contributed by atoms with Crippen molar-refractivity contribution in [3.05, 3.63) is 35.6 Å². The van der Waals surface area contributed by atoms with Crippen LogP contribution in [0.3, 0.4) is 0 Å². The lowest BCUT2D eigenvalue weighted by atomic mass is 10.0. The van der Waals surface area contributed by atoms with E-state index in [1.165, 1.54) is 24.3 Å². The minimum atomic E-state index is -0.385. The van der Waals surface area contributed by atoms with E-state index >= 15 is 0 Å². The van der Waals surface area contributed by atoms with Gasteiger partial charge in [0.15, 0.2) is 0 Å². The van der Waals surface area contributed by atoms with Crippen molar-refractivity contribution >= 4 is 11.8 Å². The molecule has 2 heterocycles. The Bertz CT molecular complexity index is 665. The number of carbonyl (C=O) groups excluding carboxylic acids is 2. The number of fused-ring (bicyclic) bond motifs is 1. The van der Waals surface area contributed by atoms with Gasteiger partial charge in [-0.25, -0.2) is 4.39 Å². The van der Waals surface area contributed by atoms with Crippen LogP contribution in [0.5, 0.6) is 0 Å². The van der Waals surface area contributed by atoms with Crippen LogP contribution in [0, 0.1) is 11.7 Å². The minimum Gasteiger partial charge on any atom is -0.375 e. The average molecular weight is 377 g/mol. The van der Waals surface area contributed by atoms with Crippen molar-refractivity contribution in [2.24, 2.45) is 5.92 Å². The summed E-state index contributed by atoms with van der Waals surface area (Å²) in [6, 6.07) is 5.83. The van der Waals surface area contributed by atoms with Crippen LogP contribution in [-0.2, 0) is 9.53 Å². The quantitative estimate of drug-likeness (QED) is 0.789. The second-order valence-electron chi connectivity index (χ2n) is 7.74. The van der Waals surface area contributed by atoms with Crippen molar-refractivity contribution in [1.29, 1.82) is 0 Å². The SMILES string of the molecule is CC(C)[C@@H]1CN2C[C@H](NC(=O)CCNC(=O)c3ccc(F)cc3)C[C@H]2CO1. The monoisotopic (exact) mass is 377 g/mol. The van der Waals surface area contributed by atoms with E-state index in [0.29, 0.717) is 17.5 Å². The van der Waals surface area contributed by atoms with E-state index in [-0.39, 0.29) is 42.7 Å². The molecule has 2 fully saturated rings. The smallest absolute Gasteiger partial charge is 0.251 e. The molecule has 0 bridgehead atoms. The number of hydrogen-bond acceptors (Lipinski definition) is 4. The van der Waals surface area contributed by atoms with Gasteiger partial charge in [0.2, 0.25) is 5.91 Å².